The van der Waals surface area contributed by atoms with E-state index < -0.39 is 22.2 Å². The molecule has 1 amide bonds. The number of hydrogen-bond acceptors (Lipinski definition) is 5. The zero-order valence-corrected chi connectivity index (χ0v) is 11.2. The molecule has 0 spiro atoms. The van der Waals surface area contributed by atoms with Crippen molar-refractivity contribution in [1.29, 1.82) is 0 Å². The van der Waals surface area contributed by atoms with Gasteiger partial charge < -0.3 is 9.84 Å². The average molecular weight is 307 g/mol. The molecule has 1 aliphatic heterocycles. The van der Waals surface area contributed by atoms with E-state index in [2.05, 4.69) is 0 Å². The maximum absolute atomic E-state index is 11.5. The van der Waals surface area contributed by atoms with Crippen LogP contribution in [0.1, 0.15) is 0 Å². The van der Waals surface area contributed by atoms with Crippen molar-refractivity contribution in [2.75, 3.05) is 18.1 Å². The van der Waals surface area contributed by atoms with Crippen LogP contribution < -0.4 is 9.14 Å². The first kappa shape index (κ1) is 14.1. The fourth-order valence-electron chi connectivity index (χ4n) is 1.68. The standard InChI is InChI=1S/C10H11ClN2O5S/c11-12-19(16,17)9-3-1-7(2-4-9)13-5-8(6-14)18-10(13)15/h1-4,8,12,14H,5-6H2/t8-/m0/s1. The number of nitrogens with zero attached hydrogens (tertiary/aromatic N) is 1. The third-order valence-corrected chi connectivity index (χ3v) is 4.34. The summed E-state index contributed by atoms with van der Waals surface area (Å²) in [5.41, 5.74) is 0.481. The predicted molar refractivity (Wildman–Crippen MR) is 67.3 cm³/mol. The number of hydrogen-bond donors (Lipinski definition) is 2. The smallest absolute Gasteiger partial charge is 0.414 e. The van der Waals surface area contributed by atoms with E-state index in [1.807, 2.05) is 0 Å². The van der Waals surface area contributed by atoms with Crippen LogP contribution in [0.15, 0.2) is 29.2 Å². The Labute approximate surface area is 114 Å². The van der Waals surface area contributed by atoms with Crippen LogP contribution in [0.3, 0.4) is 0 Å². The zero-order chi connectivity index (χ0) is 14.0. The van der Waals surface area contributed by atoms with Crippen molar-refractivity contribution in [2.45, 2.75) is 11.0 Å². The highest BCUT2D eigenvalue weighted by molar-refractivity contribution is 7.90. The number of ether oxygens (including phenoxy) is 1. The van der Waals surface area contributed by atoms with Gasteiger partial charge in [0.15, 0.2) is 0 Å². The molecule has 0 saturated carbocycles. The Bertz CT molecular complexity index is 574. The number of carbonyl (C=O) groups excluding carboxylic acids is 1. The third kappa shape index (κ3) is 2.81. The van der Waals surface area contributed by atoms with E-state index in [9.17, 15) is 13.2 Å². The Morgan fingerprint density at radius 1 is 1.42 bits per heavy atom. The second-order valence-electron chi connectivity index (χ2n) is 3.87. The van der Waals surface area contributed by atoms with Crippen molar-refractivity contribution in [2.24, 2.45) is 0 Å². The molecule has 19 heavy (non-hydrogen) atoms. The summed E-state index contributed by atoms with van der Waals surface area (Å²) in [4.78, 5) is 12.8. The molecule has 0 aliphatic carbocycles. The summed E-state index contributed by atoms with van der Waals surface area (Å²) in [7, 11) is -3.73. The number of rotatable bonds is 4. The van der Waals surface area contributed by atoms with Crippen molar-refractivity contribution in [3.8, 4) is 0 Å². The SMILES string of the molecule is O=C1O[C@H](CO)CN1c1ccc(S(=O)(=O)NCl)cc1. The summed E-state index contributed by atoms with van der Waals surface area (Å²) in [6, 6.07) is 5.56. The van der Waals surface area contributed by atoms with Crippen molar-refractivity contribution in [3.05, 3.63) is 24.3 Å². The van der Waals surface area contributed by atoms with Gasteiger partial charge in [-0.25, -0.2) is 13.2 Å². The van der Waals surface area contributed by atoms with Crippen LogP contribution in [-0.4, -0.2) is 38.9 Å². The summed E-state index contributed by atoms with van der Waals surface area (Å²) in [6.07, 6.45) is -1.15. The molecule has 9 heteroatoms. The van der Waals surface area contributed by atoms with Crippen molar-refractivity contribution in [3.63, 3.8) is 0 Å². The van der Waals surface area contributed by atoms with Crippen LogP contribution in [-0.2, 0) is 14.8 Å². The lowest BCUT2D eigenvalue weighted by molar-refractivity contribution is 0.0963. The van der Waals surface area contributed by atoms with E-state index in [4.69, 9.17) is 21.6 Å². The zero-order valence-electron chi connectivity index (χ0n) is 9.61. The molecule has 1 atom stereocenters. The summed E-state index contributed by atoms with van der Waals surface area (Å²) in [5.74, 6) is 0. The highest BCUT2D eigenvalue weighted by Crippen LogP contribution is 2.23. The molecule has 1 saturated heterocycles. The van der Waals surface area contributed by atoms with Crippen LogP contribution in [0.4, 0.5) is 10.5 Å². The summed E-state index contributed by atoms with van der Waals surface area (Å²) in [5, 5.41) is 8.93. The minimum atomic E-state index is -3.73. The Hall–Kier alpha value is -1.35. The van der Waals surface area contributed by atoms with Crippen molar-refractivity contribution < 1.29 is 23.1 Å². The van der Waals surface area contributed by atoms with Crippen LogP contribution in [0.5, 0.6) is 0 Å². The largest absolute Gasteiger partial charge is 0.441 e. The maximum atomic E-state index is 11.5. The van der Waals surface area contributed by atoms with Gasteiger partial charge in [-0.05, 0) is 36.0 Å². The van der Waals surface area contributed by atoms with Gasteiger partial charge in [0.2, 0.25) is 0 Å². The molecule has 2 rings (SSSR count). The first-order valence-electron chi connectivity index (χ1n) is 5.29. The van der Waals surface area contributed by atoms with Gasteiger partial charge in [-0.2, -0.15) is 0 Å². The fraction of sp³-hybridized carbons (Fsp3) is 0.300. The number of sulfonamides is 1. The van der Waals surface area contributed by atoms with Gasteiger partial charge in [0.05, 0.1) is 18.0 Å². The number of cyclic esters (lactones) is 1. The van der Waals surface area contributed by atoms with Gasteiger partial charge in [0.1, 0.15) is 6.10 Å². The minimum absolute atomic E-state index is 0.0162. The maximum Gasteiger partial charge on any atom is 0.414 e. The Morgan fingerprint density at radius 2 is 2.05 bits per heavy atom. The highest BCUT2D eigenvalue weighted by Gasteiger charge is 2.31. The molecule has 7 nitrogen and oxygen atoms in total. The molecular formula is C10H11ClN2O5S. The molecule has 1 heterocycles. The highest BCUT2D eigenvalue weighted by atomic mass is 35.5. The van der Waals surface area contributed by atoms with Crippen LogP contribution in [0.25, 0.3) is 0 Å². The molecule has 104 valence electrons. The summed E-state index contributed by atoms with van der Waals surface area (Å²) >= 11 is 5.11. The molecule has 1 aromatic rings. The molecule has 1 aromatic carbocycles. The van der Waals surface area contributed by atoms with Crippen LogP contribution in [0, 0.1) is 0 Å². The number of aliphatic hydroxyl groups excluding tert-OH is 1. The normalized spacial score (nSPS) is 19.6. The molecular weight excluding hydrogens is 296 g/mol. The second kappa shape index (κ2) is 5.33. The monoisotopic (exact) mass is 306 g/mol. The average Bonchev–Trinajstić information content (AvgIpc) is 2.80. The molecule has 0 bridgehead atoms. The van der Waals surface area contributed by atoms with E-state index in [0.717, 1.165) is 0 Å². The molecule has 2 N–H and O–H groups in total. The van der Waals surface area contributed by atoms with Crippen molar-refractivity contribution in [1.82, 2.24) is 4.24 Å². The third-order valence-electron chi connectivity index (χ3n) is 2.64. The quantitative estimate of drug-likeness (QED) is 0.787. The van der Waals surface area contributed by atoms with E-state index >= 15 is 0 Å². The number of halogens is 1. The lowest BCUT2D eigenvalue weighted by atomic mass is 10.3. The summed E-state index contributed by atoms with van der Waals surface area (Å²) < 4.78 is 29.4. The summed E-state index contributed by atoms with van der Waals surface area (Å²) in [6.45, 7) is -0.0416. The number of benzene rings is 1. The van der Waals surface area contributed by atoms with Crippen LogP contribution in [0.2, 0.25) is 0 Å². The van der Waals surface area contributed by atoms with E-state index in [1.165, 1.54) is 29.2 Å². The minimum Gasteiger partial charge on any atom is -0.441 e. The number of nitrogens with one attached hydrogen (secondary N) is 1. The van der Waals surface area contributed by atoms with Crippen molar-refractivity contribution >= 4 is 33.6 Å². The Morgan fingerprint density at radius 3 is 2.53 bits per heavy atom. The van der Waals surface area contributed by atoms with Gasteiger partial charge in [0.25, 0.3) is 10.0 Å². The number of anilines is 1. The lowest BCUT2D eigenvalue weighted by Crippen LogP contribution is -2.25. The van der Waals surface area contributed by atoms with E-state index in [0.29, 0.717) is 5.69 Å². The van der Waals surface area contributed by atoms with Gasteiger partial charge in [-0.1, -0.05) is 0 Å². The Kier molecular flexibility index (Phi) is 3.95. The van der Waals surface area contributed by atoms with Gasteiger partial charge in [0, 0.05) is 5.69 Å². The number of aliphatic hydroxyl groups is 1. The van der Waals surface area contributed by atoms with E-state index in [-0.39, 0.29) is 18.0 Å². The van der Waals surface area contributed by atoms with Crippen LogP contribution >= 0.6 is 11.8 Å². The lowest BCUT2D eigenvalue weighted by Gasteiger charge is -2.13. The molecule has 1 aliphatic rings. The Balaban J connectivity index is 2.22. The predicted octanol–water partition coefficient (Wildman–Crippen LogP) is 0.436. The number of amides is 1. The fourth-order valence-corrected chi connectivity index (χ4v) is 2.53. The van der Waals surface area contributed by atoms with Gasteiger partial charge in [-0.3, -0.25) is 4.90 Å². The molecule has 1 fully saturated rings. The topological polar surface area (TPSA) is 95.9 Å². The molecule has 0 unspecified atom stereocenters. The van der Waals surface area contributed by atoms with Gasteiger partial charge >= 0.3 is 6.09 Å². The molecule has 0 radical (unpaired) electrons. The number of carbonyl (C=O) groups is 1. The molecule has 0 aromatic heterocycles. The van der Waals surface area contributed by atoms with E-state index in [1.54, 1.807) is 4.24 Å². The first-order chi connectivity index (χ1) is 8.97. The second-order valence-corrected chi connectivity index (χ2v) is 5.97. The van der Waals surface area contributed by atoms with Gasteiger partial charge in [-0.15, -0.1) is 4.24 Å². The first-order valence-corrected chi connectivity index (χ1v) is 7.15.